The summed E-state index contributed by atoms with van der Waals surface area (Å²) in [5, 5.41) is 10.0. The van der Waals surface area contributed by atoms with E-state index in [1.807, 2.05) is 61.7 Å². The zero-order valence-electron chi connectivity index (χ0n) is 16.6. The summed E-state index contributed by atoms with van der Waals surface area (Å²) >= 11 is 0. The van der Waals surface area contributed by atoms with Gasteiger partial charge in [-0.15, -0.1) is 0 Å². The van der Waals surface area contributed by atoms with E-state index >= 15 is 0 Å². The summed E-state index contributed by atoms with van der Waals surface area (Å²) in [6, 6.07) is 20.0. The van der Waals surface area contributed by atoms with Crippen molar-refractivity contribution in [1.29, 1.82) is 0 Å². The number of hydrogen-bond donors (Lipinski definition) is 2. The van der Waals surface area contributed by atoms with Crippen LogP contribution in [0.2, 0.25) is 0 Å². The zero-order valence-corrected chi connectivity index (χ0v) is 16.6. The van der Waals surface area contributed by atoms with Crippen molar-refractivity contribution < 1.29 is 4.79 Å². The lowest BCUT2D eigenvalue weighted by Crippen LogP contribution is -2.21. The molecule has 0 atom stereocenters. The number of aromatic nitrogens is 5. The predicted molar refractivity (Wildman–Crippen MR) is 118 cm³/mol. The number of aryl methyl sites for hydroxylation is 1. The molecular formula is C23H18N6O2. The van der Waals surface area contributed by atoms with Crippen LogP contribution in [-0.2, 0) is 0 Å². The number of benzene rings is 2. The quantitative estimate of drug-likeness (QED) is 0.474. The Labute approximate surface area is 176 Å². The van der Waals surface area contributed by atoms with E-state index in [1.165, 1.54) is 10.6 Å². The molecule has 2 aromatic carbocycles. The van der Waals surface area contributed by atoms with E-state index in [0.717, 1.165) is 22.5 Å². The maximum absolute atomic E-state index is 12.9. The van der Waals surface area contributed by atoms with Gasteiger partial charge in [-0.05, 0) is 36.8 Å². The molecule has 0 aliphatic rings. The van der Waals surface area contributed by atoms with Crippen LogP contribution in [0.3, 0.4) is 0 Å². The van der Waals surface area contributed by atoms with Gasteiger partial charge in [0.2, 0.25) is 0 Å². The summed E-state index contributed by atoms with van der Waals surface area (Å²) in [6.07, 6.45) is 3.50. The number of fused-ring (bicyclic) bond motifs is 1. The minimum absolute atomic E-state index is 0.0469. The number of amides is 1. The molecule has 0 saturated carbocycles. The fraction of sp³-hybridized carbons (Fsp3) is 0.0435. The molecule has 0 saturated heterocycles. The van der Waals surface area contributed by atoms with Gasteiger partial charge in [0.05, 0.1) is 5.69 Å². The monoisotopic (exact) mass is 410 g/mol. The molecule has 1 amide bonds. The van der Waals surface area contributed by atoms with Crippen molar-refractivity contribution in [3.8, 4) is 16.8 Å². The third kappa shape index (κ3) is 3.40. The van der Waals surface area contributed by atoms with Gasteiger partial charge >= 0.3 is 0 Å². The maximum Gasteiger partial charge on any atom is 0.274 e. The summed E-state index contributed by atoms with van der Waals surface area (Å²) in [5.74, 6) is -0.463. The van der Waals surface area contributed by atoms with Gasteiger partial charge in [0, 0.05) is 35.4 Å². The topological polar surface area (TPSA) is 97.1 Å². The van der Waals surface area contributed by atoms with Gasteiger partial charge in [-0.3, -0.25) is 14.7 Å². The van der Waals surface area contributed by atoms with E-state index in [1.54, 1.807) is 23.0 Å². The Morgan fingerprint density at radius 1 is 1.03 bits per heavy atom. The number of carbonyl (C=O) groups is 1. The lowest BCUT2D eigenvalue weighted by molar-refractivity contribution is 0.102. The van der Waals surface area contributed by atoms with Crippen LogP contribution >= 0.6 is 0 Å². The van der Waals surface area contributed by atoms with Crippen LogP contribution in [0.5, 0.6) is 0 Å². The van der Waals surface area contributed by atoms with E-state index in [4.69, 9.17) is 0 Å². The van der Waals surface area contributed by atoms with Crippen molar-refractivity contribution in [2.45, 2.75) is 6.92 Å². The van der Waals surface area contributed by atoms with Gasteiger partial charge in [0.15, 0.2) is 5.65 Å². The number of hydrogen-bond acceptors (Lipinski definition) is 4. The van der Waals surface area contributed by atoms with Gasteiger partial charge in [-0.25, -0.2) is 14.2 Å². The minimum Gasteiger partial charge on any atom is -0.321 e. The molecule has 3 heterocycles. The van der Waals surface area contributed by atoms with Crippen molar-refractivity contribution in [3.63, 3.8) is 0 Å². The third-order valence-electron chi connectivity index (χ3n) is 4.96. The van der Waals surface area contributed by atoms with Crippen molar-refractivity contribution in [2.75, 3.05) is 5.32 Å². The Bertz CT molecular complexity index is 1450. The van der Waals surface area contributed by atoms with Gasteiger partial charge in [-0.2, -0.15) is 5.10 Å². The zero-order chi connectivity index (χ0) is 21.4. The fourth-order valence-corrected chi connectivity index (χ4v) is 3.56. The average Bonchev–Trinajstić information content (AvgIpc) is 3.42. The number of aromatic amines is 1. The summed E-state index contributed by atoms with van der Waals surface area (Å²) in [4.78, 5) is 30.1. The van der Waals surface area contributed by atoms with Crippen LogP contribution < -0.4 is 10.9 Å². The van der Waals surface area contributed by atoms with E-state index in [0.29, 0.717) is 11.3 Å². The second-order valence-corrected chi connectivity index (χ2v) is 7.07. The number of carbonyl (C=O) groups excluding carboxylic acids is 1. The Hall–Kier alpha value is -4.46. The van der Waals surface area contributed by atoms with Crippen LogP contribution in [0.25, 0.3) is 22.5 Å². The van der Waals surface area contributed by atoms with Crippen molar-refractivity contribution in [3.05, 3.63) is 101 Å². The van der Waals surface area contributed by atoms with Gasteiger partial charge in [0.1, 0.15) is 5.69 Å². The lowest BCUT2D eigenvalue weighted by atomic mass is 10.1. The lowest BCUT2D eigenvalue weighted by Gasteiger charge is -2.08. The van der Waals surface area contributed by atoms with Crippen LogP contribution in [-0.4, -0.2) is 30.3 Å². The molecule has 5 rings (SSSR count). The highest BCUT2D eigenvalue weighted by Gasteiger charge is 2.17. The molecule has 0 radical (unpaired) electrons. The molecule has 0 aliphatic heterocycles. The first-order chi connectivity index (χ1) is 15.1. The number of H-pyrrole nitrogens is 1. The first kappa shape index (κ1) is 18.6. The van der Waals surface area contributed by atoms with Crippen LogP contribution in [0.4, 0.5) is 5.69 Å². The molecule has 0 spiro atoms. The van der Waals surface area contributed by atoms with Gasteiger partial charge < -0.3 is 5.32 Å². The van der Waals surface area contributed by atoms with Gasteiger partial charge in [0.25, 0.3) is 11.5 Å². The summed E-state index contributed by atoms with van der Waals surface area (Å²) < 4.78 is 3.05. The molecular weight excluding hydrogens is 392 g/mol. The van der Waals surface area contributed by atoms with Crippen LogP contribution in [0, 0.1) is 6.92 Å². The molecule has 31 heavy (non-hydrogen) atoms. The molecule has 0 fully saturated rings. The second-order valence-electron chi connectivity index (χ2n) is 7.07. The molecule has 2 N–H and O–H groups in total. The highest BCUT2D eigenvalue weighted by atomic mass is 16.2. The highest BCUT2D eigenvalue weighted by molar-refractivity contribution is 6.03. The summed E-state index contributed by atoms with van der Waals surface area (Å²) in [7, 11) is 0. The van der Waals surface area contributed by atoms with Gasteiger partial charge in [-0.1, -0.05) is 36.4 Å². The third-order valence-corrected chi connectivity index (χ3v) is 4.96. The number of nitrogens with one attached hydrogen (secondary N) is 2. The van der Waals surface area contributed by atoms with E-state index < -0.39 is 5.91 Å². The van der Waals surface area contributed by atoms with Crippen LogP contribution in [0.1, 0.15) is 16.2 Å². The molecule has 3 aromatic heterocycles. The van der Waals surface area contributed by atoms with E-state index in [9.17, 15) is 9.59 Å². The smallest absolute Gasteiger partial charge is 0.274 e. The number of rotatable bonds is 4. The highest BCUT2D eigenvalue weighted by Crippen LogP contribution is 2.26. The molecule has 0 bridgehead atoms. The first-order valence-corrected chi connectivity index (χ1v) is 9.69. The SMILES string of the molecule is Cc1[nH]n2c(=O)cc(C(=O)Nc3cccc(-n4cccn4)c3)nc2c1-c1ccccc1. The first-order valence-electron chi connectivity index (χ1n) is 9.69. The second kappa shape index (κ2) is 7.42. The molecule has 5 aromatic rings. The summed E-state index contributed by atoms with van der Waals surface area (Å²) in [6.45, 7) is 1.87. The molecule has 8 heteroatoms. The summed E-state index contributed by atoms with van der Waals surface area (Å²) in [5.41, 5.74) is 3.97. The largest absolute Gasteiger partial charge is 0.321 e. The molecule has 8 nitrogen and oxygen atoms in total. The Balaban J connectivity index is 1.53. The Kier molecular flexibility index (Phi) is 4.44. The predicted octanol–water partition coefficient (Wildman–Crippen LogP) is 3.44. The number of nitrogens with zero attached hydrogens (tertiary/aromatic N) is 4. The van der Waals surface area contributed by atoms with Crippen LogP contribution in [0.15, 0.2) is 83.9 Å². The van der Waals surface area contributed by atoms with Crippen molar-refractivity contribution in [1.82, 2.24) is 24.4 Å². The normalized spacial score (nSPS) is 11.0. The molecule has 0 aliphatic carbocycles. The maximum atomic E-state index is 12.9. The van der Waals surface area contributed by atoms with Crippen molar-refractivity contribution in [2.24, 2.45) is 0 Å². The Morgan fingerprint density at radius 2 is 1.87 bits per heavy atom. The minimum atomic E-state index is -0.463. The van der Waals surface area contributed by atoms with E-state index in [-0.39, 0.29) is 11.3 Å². The fourth-order valence-electron chi connectivity index (χ4n) is 3.56. The standard InChI is InChI=1S/C23H18N6O2/c1-15-21(16-7-3-2-4-8-16)22-26-19(14-20(30)29(22)27-15)23(31)25-17-9-5-10-18(13-17)28-12-6-11-24-28/h2-14,27H,1H3,(H,25,31). The van der Waals surface area contributed by atoms with E-state index in [2.05, 4.69) is 20.5 Å². The molecule has 0 unspecified atom stereocenters. The number of anilines is 1. The Morgan fingerprint density at radius 3 is 2.65 bits per heavy atom. The van der Waals surface area contributed by atoms with Crippen molar-refractivity contribution >= 4 is 17.2 Å². The average molecular weight is 410 g/mol. The molecule has 152 valence electrons.